The third kappa shape index (κ3) is 5.52. The van der Waals surface area contributed by atoms with Crippen LogP contribution in [0.1, 0.15) is 18.7 Å². The Morgan fingerprint density at radius 1 is 1.47 bits per heavy atom. The molecule has 1 aromatic rings. The van der Waals surface area contributed by atoms with Gasteiger partial charge >= 0.3 is 0 Å². The van der Waals surface area contributed by atoms with Gasteiger partial charge in [-0.15, -0.1) is 11.6 Å². The van der Waals surface area contributed by atoms with Crippen molar-refractivity contribution in [2.45, 2.75) is 19.3 Å². The first-order valence-corrected chi connectivity index (χ1v) is 7.73. The number of alkyl halides is 1. The van der Waals surface area contributed by atoms with E-state index in [0.29, 0.717) is 25.3 Å². The molecule has 0 atom stereocenters. The van der Waals surface area contributed by atoms with Crippen LogP contribution < -0.4 is 4.72 Å². The first-order chi connectivity index (χ1) is 8.05. The summed E-state index contributed by atoms with van der Waals surface area (Å²) in [6.45, 7) is 0.383. The highest BCUT2D eigenvalue weighted by molar-refractivity contribution is 7.89. The fraction of sp³-hybridized carbons (Fsp3) is 0.700. The molecular weight excluding hydrogens is 262 g/mol. The molecule has 0 bridgehead atoms. The van der Waals surface area contributed by atoms with Crippen molar-refractivity contribution in [3.8, 4) is 0 Å². The Labute approximate surface area is 107 Å². The Hall–Kier alpha value is -0.590. The van der Waals surface area contributed by atoms with Crippen LogP contribution in [0.4, 0.5) is 0 Å². The molecule has 0 fully saturated rings. The Morgan fingerprint density at radius 2 is 2.24 bits per heavy atom. The lowest BCUT2D eigenvalue weighted by Crippen LogP contribution is -2.28. The smallest absolute Gasteiger partial charge is 0.211 e. The zero-order chi connectivity index (χ0) is 12.7. The zero-order valence-corrected chi connectivity index (χ0v) is 11.5. The molecule has 0 saturated carbocycles. The third-order valence-corrected chi connectivity index (χ3v) is 4.13. The maximum absolute atomic E-state index is 11.5. The number of rotatable bonds is 8. The number of hydrogen-bond acceptors (Lipinski definition) is 3. The van der Waals surface area contributed by atoms with Gasteiger partial charge in [0.05, 0.1) is 5.75 Å². The lowest BCUT2D eigenvalue weighted by Gasteiger charge is -2.06. The van der Waals surface area contributed by atoms with E-state index < -0.39 is 10.0 Å². The Morgan fingerprint density at radius 3 is 2.82 bits per heavy atom. The van der Waals surface area contributed by atoms with Gasteiger partial charge in [-0.05, 0) is 12.8 Å². The van der Waals surface area contributed by atoms with Gasteiger partial charge in [0.25, 0.3) is 0 Å². The number of nitrogens with zero attached hydrogens (tertiary/aromatic N) is 2. The van der Waals surface area contributed by atoms with Gasteiger partial charge in [-0.2, -0.15) is 0 Å². The minimum absolute atomic E-state index is 0.139. The highest BCUT2D eigenvalue weighted by Gasteiger charge is 2.09. The van der Waals surface area contributed by atoms with E-state index in [-0.39, 0.29) is 5.75 Å². The molecule has 0 aliphatic rings. The first-order valence-electron chi connectivity index (χ1n) is 5.54. The predicted molar refractivity (Wildman–Crippen MR) is 68.7 cm³/mol. The fourth-order valence-electron chi connectivity index (χ4n) is 1.41. The van der Waals surface area contributed by atoms with E-state index in [1.807, 2.05) is 17.8 Å². The minimum Gasteiger partial charge on any atom is -0.338 e. The second-order valence-corrected chi connectivity index (χ2v) is 6.12. The molecule has 0 spiro atoms. The van der Waals surface area contributed by atoms with Crippen LogP contribution in [0.25, 0.3) is 0 Å². The van der Waals surface area contributed by atoms with Gasteiger partial charge in [-0.25, -0.2) is 18.1 Å². The van der Waals surface area contributed by atoms with Crippen LogP contribution in [0.5, 0.6) is 0 Å². The van der Waals surface area contributed by atoms with Crippen LogP contribution in [0.3, 0.4) is 0 Å². The topological polar surface area (TPSA) is 64.0 Å². The summed E-state index contributed by atoms with van der Waals surface area (Å²) in [5, 5.41) is 0. The van der Waals surface area contributed by atoms with Gasteiger partial charge in [0.15, 0.2) is 0 Å². The fourth-order valence-corrected chi connectivity index (χ4v) is 2.75. The van der Waals surface area contributed by atoms with Gasteiger partial charge in [0.1, 0.15) is 5.82 Å². The molecular formula is C10H18ClN3O2S. The molecule has 0 aliphatic carbocycles. The maximum Gasteiger partial charge on any atom is 0.211 e. The monoisotopic (exact) mass is 279 g/mol. The van der Waals surface area contributed by atoms with Crippen molar-refractivity contribution in [2.24, 2.45) is 7.05 Å². The highest BCUT2D eigenvalue weighted by Crippen LogP contribution is 1.98. The second kappa shape index (κ2) is 6.98. The van der Waals surface area contributed by atoms with Crippen molar-refractivity contribution in [1.29, 1.82) is 0 Å². The summed E-state index contributed by atoms with van der Waals surface area (Å²) in [4.78, 5) is 4.12. The van der Waals surface area contributed by atoms with E-state index >= 15 is 0 Å². The van der Waals surface area contributed by atoms with Crippen molar-refractivity contribution in [3.63, 3.8) is 0 Å². The van der Waals surface area contributed by atoms with Crippen molar-refractivity contribution in [2.75, 3.05) is 18.2 Å². The van der Waals surface area contributed by atoms with Gasteiger partial charge in [0, 0.05) is 38.3 Å². The standard InChI is InChI=1S/C10H18ClN3O2S/c1-14-8-7-12-10(14)4-6-13-17(15,16)9-3-2-5-11/h7-8,13H,2-6,9H2,1H3. The number of hydrogen-bond donors (Lipinski definition) is 1. The van der Waals surface area contributed by atoms with E-state index in [2.05, 4.69) is 9.71 Å². The van der Waals surface area contributed by atoms with Crippen LogP contribution in [0.15, 0.2) is 12.4 Å². The third-order valence-electron chi connectivity index (χ3n) is 2.39. The number of halogens is 1. The van der Waals surface area contributed by atoms with Crippen LogP contribution in [0.2, 0.25) is 0 Å². The summed E-state index contributed by atoms with van der Waals surface area (Å²) < 4.78 is 27.5. The quantitative estimate of drug-likeness (QED) is 0.568. The second-order valence-electron chi connectivity index (χ2n) is 3.81. The van der Waals surface area contributed by atoms with E-state index in [1.165, 1.54) is 0 Å². The highest BCUT2D eigenvalue weighted by atomic mass is 35.5. The van der Waals surface area contributed by atoms with Crippen LogP contribution in [-0.2, 0) is 23.5 Å². The number of nitrogens with one attached hydrogen (secondary N) is 1. The predicted octanol–water partition coefficient (Wildman–Crippen LogP) is 0.901. The SMILES string of the molecule is Cn1ccnc1CCNS(=O)(=O)CCCCCl. The Bertz CT molecular complexity index is 431. The van der Waals surface area contributed by atoms with E-state index in [4.69, 9.17) is 11.6 Å². The number of sulfonamides is 1. The summed E-state index contributed by atoms with van der Waals surface area (Å²) in [6, 6.07) is 0. The van der Waals surface area contributed by atoms with Gasteiger partial charge < -0.3 is 4.57 Å². The Balaban J connectivity index is 2.28. The maximum atomic E-state index is 11.5. The average Bonchev–Trinajstić information content (AvgIpc) is 2.64. The minimum atomic E-state index is -3.17. The summed E-state index contributed by atoms with van der Waals surface area (Å²) in [5.41, 5.74) is 0. The van der Waals surface area contributed by atoms with E-state index in [9.17, 15) is 8.42 Å². The van der Waals surface area contributed by atoms with Gasteiger partial charge in [0.2, 0.25) is 10.0 Å². The summed E-state index contributed by atoms with van der Waals surface area (Å²) in [7, 11) is -1.28. The molecule has 0 aromatic carbocycles. The molecule has 1 aromatic heterocycles. The van der Waals surface area contributed by atoms with Crippen molar-refractivity contribution < 1.29 is 8.42 Å². The first kappa shape index (κ1) is 14.5. The van der Waals surface area contributed by atoms with E-state index in [0.717, 1.165) is 12.2 Å². The molecule has 7 heteroatoms. The van der Waals surface area contributed by atoms with Crippen LogP contribution in [0, 0.1) is 0 Å². The number of unbranched alkanes of at least 4 members (excludes halogenated alkanes) is 1. The summed E-state index contributed by atoms with van der Waals surface area (Å²) in [5.74, 6) is 1.51. The molecule has 98 valence electrons. The molecule has 5 nitrogen and oxygen atoms in total. The molecule has 0 amide bonds. The van der Waals surface area contributed by atoms with E-state index in [1.54, 1.807) is 6.20 Å². The summed E-state index contributed by atoms with van der Waals surface area (Å²) >= 11 is 5.49. The molecule has 0 radical (unpaired) electrons. The van der Waals surface area contributed by atoms with Crippen LogP contribution >= 0.6 is 11.6 Å². The molecule has 1 rings (SSSR count). The normalized spacial score (nSPS) is 11.9. The number of imidazole rings is 1. The van der Waals surface area contributed by atoms with Crippen molar-refractivity contribution >= 4 is 21.6 Å². The molecule has 0 aliphatic heterocycles. The van der Waals surface area contributed by atoms with Crippen LogP contribution in [-0.4, -0.2) is 36.1 Å². The average molecular weight is 280 g/mol. The number of aromatic nitrogens is 2. The van der Waals surface area contributed by atoms with Gasteiger partial charge in [-0.1, -0.05) is 0 Å². The molecule has 17 heavy (non-hydrogen) atoms. The molecule has 1 N–H and O–H groups in total. The largest absolute Gasteiger partial charge is 0.338 e. The van der Waals surface area contributed by atoms with Crippen molar-refractivity contribution in [3.05, 3.63) is 18.2 Å². The zero-order valence-electron chi connectivity index (χ0n) is 9.89. The van der Waals surface area contributed by atoms with Gasteiger partial charge in [-0.3, -0.25) is 0 Å². The molecule has 0 unspecified atom stereocenters. The molecule has 1 heterocycles. The molecule has 0 saturated heterocycles. The van der Waals surface area contributed by atoms with Crippen molar-refractivity contribution in [1.82, 2.24) is 14.3 Å². The lowest BCUT2D eigenvalue weighted by molar-refractivity contribution is 0.577. The number of aryl methyl sites for hydroxylation is 1. The Kier molecular flexibility index (Phi) is 5.94. The summed E-state index contributed by atoms with van der Waals surface area (Å²) in [6.07, 6.45) is 5.45. The lowest BCUT2D eigenvalue weighted by atomic mass is 10.4.